The van der Waals surface area contributed by atoms with E-state index in [0.717, 1.165) is 10.7 Å². The topological polar surface area (TPSA) is 85.8 Å². The van der Waals surface area contributed by atoms with Gasteiger partial charge in [0.1, 0.15) is 17.7 Å². The van der Waals surface area contributed by atoms with Crippen molar-refractivity contribution < 1.29 is 9.21 Å². The number of carbonyl (C=O) groups excluding carboxylic acids is 1. The third kappa shape index (κ3) is 3.14. The summed E-state index contributed by atoms with van der Waals surface area (Å²) in [5.41, 5.74) is 3.03. The highest BCUT2D eigenvalue weighted by Gasteiger charge is 2.17. The molecule has 8 heteroatoms. The lowest BCUT2D eigenvalue weighted by molar-refractivity contribution is 0.102. The third-order valence-electron chi connectivity index (χ3n) is 3.72. The highest BCUT2D eigenvalue weighted by atomic mass is 32.1. The molecule has 0 bridgehead atoms. The first-order valence-corrected chi connectivity index (χ1v) is 8.75. The number of thiazole rings is 1. The minimum absolute atomic E-state index is 0.280. The molecule has 0 radical (unpaired) electrons. The van der Waals surface area contributed by atoms with Gasteiger partial charge in [0.2, 0.25) is 0 Å². The summed E-state index contributed by atoms with van der Waals surface area (Å²) in [4.78, 5) is 21.3. The van der Waals surface area contributed by atoms with Crippen molar-refractivity contribution >= 4 is 22.9 Å². The van der Waals surface area contributed by atoms with Gasteiger partial charge in [-0.15, -0.1) is 11.3 Å². The number of carbonyl (C=O) groups is 1. The van der Waals surface area contributed by atoms with Gasteiger partial charge >= 0.3 is 0 Å². The average Bonchev–Trinajstić information content (AvgIpc) is 3.35. The molecule has 7 nitrogen and oxygen atoms in total. The predicted octanol–water partition coefficient (Wildman–Crippen LogP) is 3.76. The molecular weight excluding hydrogens is 350 g/mol. The van der Waals surface area contributed by atoms with Gasteiger partial charge in [0.15, 0.2) is 5.76 Å². The number of aryl methyl sites for hydroxylation is 2. The third-order valence-corrected chi connectivity index (χ3v) is 4.49. The lowest BCUT2D eigenvalue weighted by Crippen LogP contribution is -2.11. The molecule has 0 spiro atoms. The Kier molecular flexibility index (Phi) is 4.10. The molecule has 130 valence electrons. The van der Waals surface area contributed by atoms with Crippen LogP contribution in [0.2, 0.25) is 0 Å². The SMILES string of the molecule is Cc1nc(-c2cc(C(=O)Nc3cn(C)nc3-c3ccccn3)co2)cs1. The summed E-state index contributed by atoms with van der Waals surface area (Å²) in [6.45, 7) is 1.92. The van der Waals surface area contributed by atoms with E-state index in [1.54, 1.807) is 30.2 Å². The van der Waals surface area contributed by atoms with E-state index in [4.69, 9.17) is 4.42 Å². The second-order valence-corrected chi connectivity index (χ2v) is 6.75. The average molecular weight is 365 g/mol. The maximum atomic E-state index is 12.6. The molecule has 0 atom stereocenters. The van der Waals surface area contributed by atoms with E-state index in [0.29, 0.717) is 28.4 Å². The van der Waals surface area contributed by atoms with Crippen LogP contribution in [0, 0.1) is 6.92 Å². The van der Waals surface area contributed by atoms with Gasteiger partial charge in [-0.1, -0.05) is 6.07 Å². The van der Waals surface area contributed by atoms with Crippen LogP contribution in [0.3, 0.4) is 0 Å². The van der Waals surface area contributed by atoms with Crippen LogP contribution in [-0.4, -0.2) is 25.7 Å². The van der Waals surface area contributed by atoms with E-state index in [1.165, 1.54) is 17.6 Å². The number of amides is 1. The molecule has 1 amide bonds. The number of hydrogen-bond acceptors (Lipinski definition) is 6. The van der Waals surface area contributed by atoms with Crippen molar-refractivity contribution in [1.29, 1.82) is 0 Å². The van der Waals surface area contributed by atoms with E-state index in [1.807, 2.05) is 30.5 Å². The number of furan rings is 1. The van der Waals surface area contributed by atoms with Gasteiger partial charge in [-0.05, 0) is 25.1 Å². The first-order chi connectivity index (χ1) is 12.6. The lowest BCUT2D eigenvalue weighted by atomic mass is 10.2. The molecular formula is C18H15N5O2S. The molecule has 4 heterocycles. The smallest absolute Gasteiger partial charge is 0.259 e. The van der Waals surface area contributed by atoms with Gasteiger partial charge in [0, 0.05) is 24.8 Å². The van der Waals surface area contributed by atoms with Crippen molar-refractivity contribution in [2.24, 2.45) is 7.05 Å². The van der Waals surface area contributed by atoms with Crippen molar-refractivity contribution in [1.82, 2.24) is 19.7 Å². The first kappa shape index (κ1) is 16.2. The largest absolute Gasteiger partial charge is 0.462 e. The number of hydrogen-bond donors (Lipinski definition) is 1. The summed E-state index contributed by atoms with van der Waals surface area (Å²) < 4.78 is 7.13. The fraction of sp³-hybridized carbons (Fsp3) is 0.111. The molecule has 0 aliphatic heterocycles. The van der Waals surface area contributed by atoms with Gasteiger partial charge in [-0.3, -0.25) is 14.5 Å². The van der Waals surface area contributed by atoms with Gasteiger partial charge in [-0.2, -0.15) is 5.10 Å². The second-order valence-electron chi connectivity index (χ2n) is 5.69. The zero-order valence-corrected chi connectivity index (χ0v) is 14.9. The fourth-order valence-electron chi connectivity index (χ4n) is 2.53. The first-order valence-electron chi connectivity index (χ1n) is 7.87. The summed E-state index contributed by atoms with van der Waals surface area (Å²) in [5, 5.41) is 10.1. The number of anilines is 1. The fourth-order valence-corrected chi connectivity index (χ4v) is 3.13. The van der Waals surface area contributed by atoms with Crippen molar-refractivity contribution in [3.63, 3.8) is 0 Å². The van der Waals surface area contributed by atoms with E-state index < -0.39 is 0 Å². The van der Waals surface area contributed by atoms with Crippen molar-refractivity contribution in [2.75, 3.05) is 5.32 Å². The molecule has 4 aromatic heterocycles. The maximum Gasteiger partial charge on any atom is 0.259 e. The number of nitrogens with one attached hydrogen (secondary N) is 1. The minimum Gasteiger partial charge on any atom is -0.462 e. The Balaban J connectivity index is 1.59. The quantitative estimate of drug-likeness (QED) is 0.595. The minimum atomic E-state index is -0.280. The Morgan fingerprint density at radius 1 is 1.31 bits per heavy atom. The second kappa shape index (κ2) is 6.57. The molecule has 0 saturated carbocycles. The Bertz CT molecular complexity index is 1060. The summed E-state index contributed by atoms with van der Waals surface area (Å²) in [6, 6.07) is 7.23. The van der Waals surface area contributed by atoms with E-state index in [9.17, 15) is 4.79 Å². The van der Waals surface area contributed by atoms with Crippen LogP contribution in [0.25, 0.3) is 22.8 Å². The van der Waals surface area contributed by atoms with E-state index in [-0.39, 0.29) is 5.91 Å². The molecule has 0 aliphatic rings. The summed E-state index contributed by atoms with van der Waals surface area (Å²) >= 11 is 1.53. The zero-order valence-electron chi connectivity index (χ0n) is 14.1. The van der Waals surface area contributed by atoms with Crippen LogP contribution in [-0.2, 0) is 7.05 Å². The van der Waals surface area contributed by atoms with Gasteiger partial charge in [0.05, 0.1) is 22.0 Å². The van der Waals surface area contributed by atoms with Crippen LogP contribution in [0.4, 0.5) is 5.69 Å². The molecule has 4 aromatic rings. The van der Waals surface area contributed by atoms with Gasteiger partial charge < -0.3 is 9.73 Å². The van der Waals surface area contributed by atoms with Gasteiger partial charge in [0.25, 0.3) is 5.91 Å². The van der Waals surface area contributed by atoms with Gasteiger partial charge in [-0.25, -0.2) is 4.98 Å². The number of pyridine rings is 1. The summed E-state index contributed by atoms with van der Waals surface area (Å²) in [7, 11) is 1.79. The molecule has 4 rings (SSSR count). The standard InChI is InChI=1S/C18H15N5O2S/c1-11-20-15(10-26-11)16-7-12(9-25-16)18(24)21-14-8-23(2)22-17(14)13-5-3-4-6-19-13/h3-10H,1-2H3,(H,21,24). The number of aromatic nitrogens is 4. The zero-order chi connectivity index (χ0) is 18.1. The summed E-state index contributed by atoms with van der Waals surface area (Å²) in [6.07, 6.45) is 4.86. The lowest BCUT2D eigenvalue weighted by Gasteiger charge is -2.03. The van der Waals surface area contributed by atoms with Crippen LogP contribution >= 0.6 is 11.3 Å². The molecule has 1 N–H and O–H groups in total. The van der Waals surface area contributed by atoms with E-state index >= 15 is 0 Å². The van der Waals surface area contributed by atoms with Crippen LogP contribution < -0.4 is 5.32 Å². The number of rotatable bonds is 4. The van der Waals surface area contributed by atoms with Crippen LogP contribution in [0.15, 0.2) is 52.7 Å². The highest BCUT2D eigenvalue weighted by molar-refractivity contribution is 7.09. The highest BCUT2D eigenvalue weighted by Crippen LogP contribution is 2.27. The monoisotopic (exact) mass is 365 g/mol. The Hall–Kier alpha value is -3.26. The van der Waals surface area contributed by atoms with Crippen LogP contribution in [0.1, 0.15) is 15.4 Å². The Labute approximate surface area is 153 Å². The number of nitrogens with zero attached hydrogens (tertiary/aromatic N) is 4. The molecule has 0 aliphatic carbocycles. The Morgan fingerprint density at radius 2 is 2.19 bits per heavy atom. The Morgan fingerprint density at radius 3 is 2.92 bits per heavy atom. The predicted molar refractivity (Wildman–Crippen MR) is 98.9 cm³/mol. The molecule has 0 aromatic carbocycles. The molecule has 0 unspecified atom stereocenters. The van der Waals surface area contributed by atoms with Crippen molar-refractivity contribution in [3.8, 4) is 22.8 Å². The van der Waals surface area contributed by atoms with Crippen molar-refractivity contribution in [2.45, 2.75) is 6.92 Å². The molecule has 0 fully saturated rings. The molecule has 26 heavy (non-hydrogen) atoms. The van der Waals surface area contributed by atoms with Crippen LogP contribution in [0.5, 0.6) is 0 Å². The normalized spacial score (nSPS) is 10.8. The molecule has 0 saturated heterocycles. The van der Waals surface area contributed by atoms with Crippen molar-refractivity contribution in [3.05, 3.63) is 58.9 Å². The maximum absolute atomic E-state index is 12.6. The summed E-state index contributed by atoms with van der Waals surface area (Å²) in [5.74, 6) is 0.285. The van der Waals surface area contributed by atoms with E-state index in [2.05, 4.69) is 20.4 Å².